The first-order valence-electron chi connectivity index (χ1n) is 23.2. The van der Waals surface area contributed by atoms with E-state index in [9.17, 15) is 19.0 Å². The summed E-state index contributed by atoms with van der Waals surface area (Å²) in [7, 11) is -4.41. The number of hydrogen-bond acceptors (Lipinski definition) is 9. The number of unbranched alkanes of at least 4 members (excludes halogenated alkanes) is 12. The van der Waals surface area contributed by atoms with Crippen LogP contribution in [0.15, 0.2) is 85.1 Å². The average molecular weight is 860 g/mol. The Morgan fingerprint density at radius 1 is 0.600 bits per heavy atom. The zero-order chi connectivity index (χ0) is 43.6. The lowest BCUT2D eigenvalue weighted by atomic mass is 10.1. The van der Waals surface area contributed by atoms with Gasteiger partial charge in [0.1, 0.15) is 6.61 Å². The van der Waals surface area contributed by atoms with E-state index in [1.165, 1.54) is 57.8 Å². The van der Waals surface area contributed by atoms with Gasteiger partial charge in [-0.2, -0.15) is 0 Å². The molecule has 0 saturated carbocycles. The maximum atomic E-state index is 12.6. The van der Waals surface area contributed by atoms with E-state index in [0.717, 1.165) is 70.6 Å². The van der Waals surface area contributed by atoms with Crippen LogP contribution in [0.1, 0.15) is 168 Å². The van der Waals surface area contributed by atoms with Gasteiger partial charge in [0.25, 0.3) is 0 Å². The van der Waals surface area contributed by atoms with Crippen LogP contribution >= 0.6 is 7.82 Å². The maximum absolute atomic E-state index is 12.6. The zero-order valence-electron chi connectivity index (χ0n) is 37.4. The number of allylic oxidation sites excluding steroid dienone is 12. The van der Waals surface area contributed by atoms with Crippen LogP contribution in [0.2, 0.25) is 0 Å². The third-order valence-electron chi connectivity index (χ3n) is 9.68. The van der Waals surface area contributed by atoms with Gasteiger partial charge in [-0.25, -0.2) is 4.57 Å². The van der Waals surface area contributed by atoms with Crippen LogP contribution in [0.4, 0.5) is 0 Å². The highest BCUT2D eigenvalue weighted by Crippen LogP contribution is 2.43. The summed E-state index contributed by atoms with van der Waals surface area (Å²) < 4.78 is 38.4. The molecule has 0 radical (unpaired) electrons. The molecule has 0 spiro atoms. The summed E-state index contributed by atoms with van der Waals surface area (Å²) >= 11 is 0. The Labute approximate surface area is 364 Å². The summed E-state index contributed by atoms with van der Waals surface area (Å²) in [5, 5.41) is 0. The Morgan fingerprint density at radius 2 is 1.10 bits per heavy atom. The van der Waals surface area contributed by atoms with Crippen molar-refractivity contribution in [3.63, 3.8) is 0 Å². The molecular formula is C49H82NO9P. The molecule has 1 rings (SSSR count). The highest BCUT2D eigenvalue weighted by Gasteiger charge is 2.36. The molecule has 0 aromatic heterocycles. The molecule has 0 aromatic rings. The number of phosphoric acid groups is 1. The maximum Gasteiger partial charge on any atom is 0.472 e. The number of carbonyl (C=O) groups excluding carboxylic acids is 2. The molecular weight excluding hydrogens is 778 g/mol. The molecule has 0 amide bonds. The van der Waals surface area contributed by atoms with E-state index in [1.807, 2.05) is 12.2 Å². The molecule has 10 nitrogen and oxygen atoms in total. The molecule has 1 fully saturated rings. The zero-order valence-corrected chi connectivity index (χ0v) is 38.2. The molecule has 0 aromatic carbocycles. The lowest BCUT2D eigenvalue weighted by Crippen LogP contribution is -2.29. The summed E-state index contributed by atoms with van der Waals surface area (Å²) in [6.45, 7) is 3.48. The van der Waals surface area contributed by atoms with Crippen LogP contribution in [-0.4, -0.2) is 61.5 Å². The van der Waals surface area contributed by atoms with Gasteiger partial charge in [-0.1, -0.05) is 157 Å². The van der Waals surface area contributed by atoms with E-state index in [4.69, 9.17) is 29.0 Å². The van der Waals surface area contributed by atoms with Crippen molar-refractivity contribution >= 4 is 19.8 Å². The first kappa shape index (κ1) is 55.2. The van der Waals surface area contributed by atoms with Gasteiger partial charge in [-0.05, 0) is 83.5 Å². The smallest absolute Gasteiger partial charge is 0.462 e. The fraction of sp³-hybridized carbons (Fsp3) is 0.673. The third kappa shape index (κ3) is 37.0. The Bertz CT molecular complexity index is 1320. The van der Waals surface area contributed by atoms with E-state index in [1.54, 1.807) is 0 Å². The second-order valence-electron chi connectivity index (χ2n) is 15.3. The molecule has 1 heterocycles. The van der Waals surface area contributed by atoms with Crippen molar-refractivity contribution in [2.75, 3.05) is 26.4 Å². The molecule has 3 unspecified atom stereocenters. The highest BCUT2D eigenvalue weighted by atomic mass is 31.2. The van der Waals surface area contributed by atoms with Crippen molar-refractivity contribution < 1.29 is 42.3 Å². The molecule has 1 aliphatic rings. The van der Waals surface area contributed by atoms with Crippen LogP contribution in [0.3, 0.4) is 0 Å². The predicted molar refractivity (Wildman–Crippen MR) is 246 cm³/mol. The molecule has 1 saturated heterocycles. The highest BCUT2D eigenvalue weighted by molar-refractivity contribution is 7.47. The van der Waals surface area contributed by atoms with Crippen LogP contribution < -0.4 is 5.73 Å². The Balaban J connectivity index is 2.20. The van der Waals surface area contributed by atoms with Crippen molar-refractivity contribution in [3.05, 3.63) is 85.1 Å². The van der Waals surface area contributed by atoms with Gasteiger partial charge in [-0.3, -0.25) is 18.6 Å². The molecule has 3 N–H and O–H groups in total. The topological polar surface area (TPSA) is 147 Å². The first-order chi connectivity index (χ1) is 29.3. The predicted octanol–water partition coefficient (Wildman–Crippen LogP) is 12.6. The lowest BCUT2D eigenvalue weighted by molar-refractivity contribution is -0.161. The van der Waals surface area contributed by atoms with Gasteiger partial charge < -0.3 is 24.8 Å². The summed E-state index contributed by atoms with van der Waals surface area (Å²) in [6, 6.07) is 0. The fourth-order valence-electron chi connectivity index (χ4n) is 6.14. The van der Waals surface area contributed by atoms with Crippen LogP contribution in [0.25, 0.3) is 0 Å². The normalized spacial score (nSPS) is 17.4. The number of epoxide rings is 1. The minimum atomic E-state index is -4.41. The number of nitrogens with two attached hydrogens (primary N) is 1. The van der Waals surface area contributed by atoms with Crippen molar-refractivity contribution in [1.29, 1.82) is 0 Å². The van der Waals surface area contributed by atoms with Gasteiger partial charge in [0.05, 0.1) is 25.4 Å². The van der Waals surface area contributed by atoms with Gasteiger partial charge in [0.2, 0.25) is 0 Å². The SMILES string of the molecule is CC/C=C\CC1OC1C/C=C\C/C=C\C/C=C\C/C=C\CCC(=O)OC[C@H](COP(=O)(O)OCCN)OC(=O)CCCCCCCCCCC/C=C\C/C=C\CCCCC. The Kier molecular flexibility index (Phi) is 37.0. The molecule has 0 aliphatic carbocycles. The van der Waals surface area contributed by atoms with E-state index in [-0.39, 0.29) is 32.6 Å². The van der Waals surface area contributed by atoms with Crippen molar-refractivity contribution in [2.24, 2.45) is 5.73 Å². The number of rotatable bonds is 41. The molecule has 342 valence electrons. The number of phosphoric ester groups is 1. The minimum absolute atomic E-state index is 0.0371. The van der Waals surface area contributed by atoms with Crippen molar-refractivity contribution in [1.82, 2.24) is 0 Å². The van der Waals surface area contributed by atoms with E-state index in [0.29, 0.717) is 25.0 Å². The quantitative estimate of drug-likeness (QED) is 0.0200. The van der Waals surface area contributed by atoms with Gasteiger partial charge in [0, 0.05) is 19.4 Å². The van der Waals surface area contributed by atoms with E-state index in [2.05, 4.69) is 86.8 Å². The van der Waals surface area contributed by atoms with Crippen LogP contribution in [0.5, 0.6) is 0 Å². The second-order valence-corrected chi connectivity index (χ2v) is 16.7. The first-order valence-corrected chi connectivity index (χ1v) is 24.7. The number of carbonyl (C=O) groups is 2. The number of hydrogen-bond donors (Lipinski definition) is 2. The van der Waals surface area contributed by atoms with Gasteiger partial charge in [0.15, 0.2) is 6.10 Å². The average Bonchev–Trinajstić information content (AvgIpc) is 3.99. The third-order valence-corrected chi connectivity index (χ3v) is 10.7. The summed E-state index contributed by atoms with van der Waals surface area (Å²) in [4.78, 5) is 34.9. The standard InChI is InChI=1S/C49H82NO9P/c1-3-5-7-8-9-10-11-12-13-14-15-16-17-18-23-26-29-32-36-40-49(52)58-45(44-57-60(53,54)56-42-41-50)43-55-48(51)39-35-31-28-25-22-20-19-21-24-27-30-34-38-47-46(59-47)37-33-6-4-2/h6,9-10,12-13,20-22,24,28,30-31,33-34,45-47H,3-5,7-8,11,14-19,23,25-27,29,32,35-44,50H2,1-2H3,(H,53,54)/b10-9-,13-12-,22-20-,24-21-,31-28-,33-6-,34-30-/t45-,46?,47?/m1/s1. The molecule has 1 aliphatic heterocycles. The fourth-order valence-corrected chi connectivity index (χ4v) is 6.91. The van der Waals surface area contributed by atoms with Crippen LogP contribution in [0, 0.1) is 0 Å². The molecule has 60 heavy (non-hydrogen) atoms. The van der Waals surface area contributed by atoms with Crippen molar-refractivity contribution in [3.8, 4) is 0 Å². The number of ether oxygens (including phenoxy) is 3. The molecule has 4 atom stereocenters. The summed E-state index contributed by atoms with van der Waals surface area (Å²) in [6.07, 6.45) is 53.8. The summed E-state index contributed by atoms with van der Waals surface area (Å²) in [5.41, 5.74) is 5.35. The largest absolute Gasteiger partial charge is 0.472 e. The monoisotopic (exact) mass is 860 g/mol. The van der Waals surface area contributed by atoms with Gasteiger partial charge >= 0.3 is 19.8 Å². The minimum Gasteiger partial charge on any atom is -0.462 e. The second kappa shape index (κ2) is 40.2. The Hall–Kier alpha value is -2.85. The van der Waals surface area contributed by atoms with E-state index >= 15 is 0 Å². The van der Waals surface area contributed by atoms with Crippen molar-refractivity contribution in [2.45, 2.75) is 186 Å². The lowest BCUT2D eigenvalue weighted by Gasteiger charge is -2.19. The van der Waals surface area contributed by atoms with Gasteiger partial charge in [-0.15, -0.1) is 0 Å². The summed E-state index contributed by atoms with van der Waals surface area (Å²) in [5.74, 6) is -0.941. The number of esters is 2. The van der Waals surface area contributed by atoms with E-state index < -0.39 is 32.5 Å². The van der Waals surface area contributed by atoms with Crippen LogP contribution in [-0.2, 0) is 37.4 Å². The molecule has 11 heteroatoms. The Morgan fingerprint density at radius 3 is 1.67 bits per heavy atom. The molecule has 0 bridgehead atoms.